The molecule has 4 heterocycles. The van der Waals surface area contributed by atoms with E-state index in [9.17, 15) is 19.2 Å². The zero-order valence-electron chi connectivity index (χ0n) is 35.7. The summed E-state index contributed by atoms with van der Waals surface area (Å²) in [6.07, 6.45) is 2.90. The lowest BCUT2D eigenvalue weighted by molar-refractivity contribution is -0.148. The number of esters is 1. The molecule has 2 N–H and O–H groups in total. The largest absolute Gasteiger partial charge is 0.469 e. The molecule has 0 bridgehead atoms. The molecule has 60 heavy (non-hydrogen) atoms. The Morgan fingerprint density at radius 2 is 1.33 bits per heavy atom. The predicted octanol–water partition coefficient (Wildman–Crippen LogP) is 9.06. The Kier molecular flexibility index (Phi) is 12.7. The topological polar surface area (TPSA) is 147 Å². The van der Waals surface area contributed by atoms with E-state index in [2.05, 4.69) is 90.9 Å². The van der Waals surface area contributed by atoms with Crippen molar-refractivity contribution in [3.63, 3.8) is 0 Å². The number of amides is 3. The Bertz CT molecular complexity index is 2340. The van der Waals surface area contributed by atoms with Gasteiger partial charge in [0.15, 0.2) is 0 Å². The highest BCUT2D eigenvalue weighted by Crippen LogP contribution is 2.41. The van der Waals surface area contributed by atoms with Crippen molar-refractivity contribution in [2.24, 2.45) is 29.6 Å². The average molecular weight is 833 g/mol. The van der Waals surface area contributed by atoms with Gasteiger partial charge >= 0.3 is 12.1 Å². The van der Waals surface area contributed by atoms with E-state index in [4.69, 9.17) is 19.4 Å². The van der Waals surface area contributed by atoms with Crippen LogP contribution < -0.4 is 5.32 Å². The van der Waals surface area contributed by atoms with Crippen molar-refractivity contribution in [3.8, 4) is 33.5 Å². The Morgan fingerprint density at radius 1 is 0.767 bits per heavy atom. The monoisotopic (exact) mass is 832 g/mol. The number of aromatic nitrogens is 3. The lowest BCUT2D eigenvalue weighted by atomic mass is 9.91. The van der Waals surface area contributed by atoms with Gasteiger partial charge < -0.3 is 29.6 Å². The summed E-state index contributed by atoms with van der Waals surface area (Å²) in [6.45, 7) is 13.3. The smallest absolute Gasteiger partial charge is 0.407 e. The maximum atomic E-state index is 13.8. The van der Waals surface area contributed by atoms with Crippen LogP contribution >= 0.6 is 11.3 Å². The first-order valence-corrected chi connectivity index (χ1v) is 21.7. The Morgan fingerprint density at radius 3 is 1.92 bits per heavy atom. The van der Waals surface area contributed by atoms with Crippen molar-refractivity contribution in [1.82, 2.24) is 30.1 Å². The van der Waals surface area contributed by atoms with Gasteiger partial charge in [0.05, 0.1) is 60.7 Å². The number of carbonyl (C=O) groups excluding carboxylic acids is 4. The molecule has 13 heteroatoms. The first-order chi connectivity index (χ1) is 28.7. The van der Waals surface area contributed by atoms with E-state index in [1.165, 1.54) is 14.2 Å². The standard InChI is InChI=1S/C47H56N6O6S/c1-26(2)35(22-41(54)58-7)45(55)52-24-28(5)19-38(52)43-48-23-37(49-43)33-15-13-31(14-16-33)30-9-11-32(12-10-30)34-17-18-40-36(21-34)50-44(60-40)39-20-29(6)25-53(39)46(56)42(27(3)4)51-47(57)59-8/h9-18,21,23,26-29,35,38-39,42H,19-20,22,24-25H2,1-8H3,(H,48,49)(H,51,57)/t28-,29-,35-,38-,39-,42-/m0/s1. The highest BCUT2D eigenvalue weighted by molar-refractivity contribution is 7.18. The van der Waals surface area contributed by atoms with Gasteiger partial charge in [-0.15, -0.1) is 11.3 Å². The molecule has 6 atom stereocenters. The number of thiazole rings is 1. The van der Waals surface area contributed by atoms with E-state index >= 15 is 0 Å². The molecule has 0 saturated carbocycles. The molecule has 7 rings (SSSR count). The van der Waals surface area contributed by atoms with Gasteiger partial charge in [-0.05, 0) is 76.5 Å². The minimum atomic E-state index is -0.681. The lowest BCUT2D eigenvalue weighted by Gasteiger charge is -2.30. The maximum absolute atomic E-state index is 13.8. The summed E-state index contributed by atoms with van der Waals surface area (Å²) >= 11 is 1.62. The second kappa shape index (κ2) is 18.0. The van der Waals surface area contributed by atoms with Gasteiger partial charge in [-0.3, -0.25) is 14.4 Å². The molecule has 0 radical (unpaired) electrons. The van der Waals surface area contributed by atoms with Crippen LogP contribution in [0.2, 0.25) is 0 Å². The third-order valence-corrected chi connectivity index (χ3v) is 13.2. The number of alkyl carbamates (subject to hydrolysis) is 1. The first-order valence-electron chi connectivity index (χ1n) is 20.9. The normalized spacial score (nSPS) is 20.2. The first kappa shape index (κ1) is 42.6. The number of nitrogens with one attached hydrogen (secondary N) is 2. The molecular weight excluding hydrogens is 777 g/mol. The van der Waals surface area contributed by atoms with Crippen molar-refractivity contribution < 1.29 is 28.7 Å². The van der Waals surface area contributed by atoms with Crippen molar-refractivity contribution in [2.45, 2.75) is 78.9 Å². The number of rotatable bonds is 12. The van der Waals surface area contributed by atoms with Crippen LogP contribution in [0, 0.1) is 29.6 Å². The zero-order chi connectivity index (χ0) is 42.8. The molecule has 3 amide bonds. The van der Waals surface area contributed by atoms with Gasteiger partial charge in [-0.25, -0.2) is 14.8 Å². The number of H-pyrrole nitrogens is 1. The van der Waals surface area contributed by atoms with Crippen LogP contribution in [-0.4, -0.2) is 82.0 Å². The fraction of sp³-hybridized carbons (Fsp3) is 0.447. The molecule has 316 valence electrons. The number of benzene rings is 3. The quantitative estimate of drug-likeness (QED) is 0.118. The van der Waals surface area contributed by atoms with Gasteiger partial charge in [0.2, 0.25) is 11.8 Å². The Hall–Kier alpha value is -5.56. The molecule has 5 aromatic rings. The summed E-state index contributed by atoms with van der Waals surface area (Å²) in [7, 11) is 2.66. The highest BCUT2D eigenvalue weighted by Gasteiger charge is 2.41. The SMILES string of the molecule is COC(=O)C[C@H](C(=O)N1C[C@@H](C)C[C@H]1c1ncc(-c2ccc(-c3ccc(-c4ccc5sc([C@@H]6C[C@H](C)CN6C(=O)[C@@H](NC(=O)OC)C(C)C)nc5c4)cc3)cc2)[nH]1)C(C)C. The van der Waals surface area contributed by atoms with E-state index < -0.39 is 18.1 Å². The fourth-order valence-electron chi connectivity index (χ4n) is 8.65. The average Bonchev–Trinajstić information content (AvgIpc) is 4.06. The number of fused-ring (bicyclic) bond motifs is 1. The van der Waals surface area contributed by atoms with Crippen LogP contribution in [0.25, 0.3) is 43.7 Å². The molecule has 0 unspecified atom stereocenters. The number of methoxy groups -OCH3 is 2. The minimum absolute atomic E-state index is 0.000770. The van der Waals surface area contributed by atoms with Gasteiger partial charge in [0.1, 0.15) is 16.9 Å². The van der Waals surface area contributed by atoms with Crippen LogP contribution in [0.15, 0.2) is 72.9 Å². The number of hydrogen-bond acceptors (Lipinski definition) is 9. The molecule has 2 aromatic heterocycles. The molecule has 2 aliphatic heterocycles. The number of ether oxygens (including phenoxy) is 2. The second-order valence-corrected chi connectivity index (χ2v) is 18.3. The molecule has 2 aliphatic rings. The van der Waals surface area contributed by atoms with Crippen molar-refractivity contribution in [3.05, 3.63) is 83.8 Å². The van der Waals surface area contributed by atoms with Crippen molar-refractivity contribution in [2.75, 3.05) is 27.3 Å². The molecule has 0 spiro atoms. The van der Waals surface area contributed by atoms with Crippen LogP contribution in [0.3, 0.4) is 0 Å². The van der Waals surface area contributed by atoms with Gasteiger partial charge in [0, 0.05) is 13.1 Å². The number of carbonyl (C=O) groups is 4. The minimum Gasteiger partial charge on any atom is -0.469 e. The third-order valence-electron chi connectivity index (χ3n) is 12.1. The van der Waals surface area contributed by atoms with Gasteiger partial charge in [-0.1, -0.05) is 96.1 Å². The van der Waals surface area contributed by atoms with Crippen LogP contribution in [0.4, 0.5) is 4.79 Å². The summed E-state index contributed by atoms with van der Waals surface area (Å²) in [5.41, 5.74) is 7.09. The molecule has 3 aromatic carbocycles. The predicted molar refractivity (Wildman–Crippen MR) is 234 cm³/mol. The highest BCUT2D eigenvalue weighted by atomic mass is 32.1. The van der Waals surface area contributed by atoms with E-state index in [-0.39, 0.29) is 48.1 Å². The molecular formula is C47H56N6O6S. The van der Waals surface area contributed by atoms with Crippen LogP contribution in [-0.2, 0) is 23.9 Å². The van der Waals surface area contributed by atoms with E-state index in [0.717, 1.165) is 67.4 Å². The summed E-state index contributed by atoms with van der Waals surface area (Å²) < 4.78 is 10.8. The fourth-order valence-corrected chi connectivity index (χ4v) is 9.73. The second-order valence-electron chi connectivity index (χ2n) is 17.3. The number of imidazole rings is 1. The number of likely N-dealkylation sites (tertiary alicyclic amines) is 2. The number of aromatic amines is 1. The lowest BCUT2D eigenvalue weighted by Crippen LogP contribution is -2.51. The number of nitrogens with zero attached hydrogens (tertiary/aromatic N) is 4. The maximum Gasteiger partial charge on any atom is 0.407 e. The summed E-state index contributed by atoms with van der Waals surface area (Å²) in [5, 5.41) is 3.64. The number of hydrogen-bond donors (Lipinski definition) is 2. The molecule has 0 aliphatic carbocycles. The summed E-state index contributed by atoms with van der Waals surface area (Å²) in [4.78, 5) is 68.8. The summed E-state index contributed by atoms with van der Waals surface area (Å²) in [5.74, 6) is 0.310. The zero-order valence-corrected chi connectivity index (χ0v) is 36.5. The Labute approximate surface area is 356 Å². The third kappa shape index (κ3) is 8.96. The van der Waals surface area contributed by atoms with Crippen LogP contribution in [0.5, 0.6) is 0 Å². The van der Waals surface area contributed by atoms with Gasteiger partial charge in [-0.2, -0.15) is 0 Å². The molecule has 2 saturated heterocycles. The summed E-state index contributed by atoms with van der Waals surface area (Å²) in [6, 6.07) is 22.2. The van der Waals surface area contributed by atoms with E-state index in [1.54, 1.807) is 11.3 Å². The van der Waals surface area contributed by atoms with E-state index in [1.807, 2.05) is 43.7 Å². The van der Waals surface area contributed by atoms with Crippen molar-refractivity contribution >= 4 is 45.4 Å². The van der Waals surface area contributed by atoms with Crippen molar-refractivity contribution in [1.29, 1.82) is 0 Å². The van der Waals surface area contributed by atoms with E-state index in [0.29, 0.717) is 24.9 Å². The Balaban J connectivity index is 1.03. The molecule has 2 fully saturated rings. The van der Waals surface area contributed by atoms with Crippen LogP contribution in [0.1, 0.15) is 83.7 Å². The van der Waals surface area contributed by atoms with Gasteiger partial charge in [0.25, 0.3) is 0 Å². The molecule has 12 nitrogen and oxygen atoms in total.